The number of carbonyl (C=O) groups is 1. The summed E-state index contributed by atoms with van der Waals surface area (Å²) in [4.78, 5) is 11.1. The molecule has 5 rings (SSSR count). The SMILES string of the molecule is Nc1cc(CCC(=O)O)cc(-c2ccc3[nH]ncc3c2)c1OC1Cc2cc(F)c(F)cc2C1. The van der Waals surface area contributed by atoms with Crippen LogP contribution in [0, 0.1) is 11.6 Å². The Kier molecular flexibility index (Phi) is 5.20. The number of hydrogen-bond donors (Lipinski definition) is 3. The highest BCUT2D eigenvalue weighted by atomic mass is 19.2. The zero-order valence-corrected chi connectivity index (χ0v) is 17.6. The predicted molar refractivity (Wildman–Crippen MR) is 120 cm³/mol. The van der Waals surface area contributed by atoms with Gasteiger partial charge in [0.15, 0.2) is 11.6 Å². The number of nitrogen functional groups attached to an aromatic ring is 1. The van der Waals surface area contributed by atoms with Crippen molar-refractivity contribution < 1.29 is 23.4 Å². The maximum atomic E-state index is 13.7. The molecule has 0 fully saturated rings. The summed E-state index contributed by atoms with van der Waals surface area (Å²) in [5.74, 6) is -2.16. The smallest absolute Gasteiger partial charge is 0.303 e. The minimum absolute atomic E-state index is 0.0189. The molecule has 0 aliphatic heterocycles. The summed E-state index contributed by atoms with van der Waals surface area (Å²) in [5, 5.41) is 17.0. The Balaban J connectivity index is 1.52. The molecule has 0 atom stereocenters. The largest absolute Gasteiger partial charge is 0.487 e. The minimum Gasteiger partial charge on any atom is -0.487 e. The van der Waals surface area contributed by atoms with Crippen LogP contribution in [0.15, 0.2) is 48.7 Å². The van der Waals surface area contributed by atoms with Gasteiger partial charge < -0.3 is 15.6 Å². The first-order valence-electron chi connectivity index (χ1n) is 10.6. The Labute approximate surface area is 188 Å². The van der Waals surface area contributed by atoms with Gasteiger partial charge in [0, 0.05) is 30.2 Å². The molecule has 0 amide bonds. The molecule has 1 aromatic heterocycles. The number of halogens is 2. The number of carboxylic acid groups (broad SMARTS) is 1. The molecule has 0 radical (unpaired) electrons. The number of carboxylic acids is 1. The highest BCUT2D eigenvalue weighted by Gasteiger charge is 2.27. The summed E-state index contributed by atoms with van der Waals surface area (Å²) in [6, 6.07) is 11.8. The van der Waals surface area contributed by atoms with Crippen LogP contribution in [0.4, 0.5) is 14.5 Å². The molecule has 0 saturated carbocycles. The Morgan fingerprint density at radius 2 is 1.85 bits per heavy atom. The average Bonchev–Trinajstić information content (AvgIpc) is 3.39. The topological polar surface area (TPSA) is 101 Å². The molecule has 6 nitrogen and oxygen atoms in total. The first-order valence-corrected chi connectivity index (χ1v) is 10.6. The van der Waals surface area contributed by atoms with Crippen LogP contribution >= 0.6 is 0 Å². The number of rotatable bonds is 6. The monoisotopic (exact) mass is 449 g/mol. The van der Waals surface area contributed by atoms with Crippen LogP contribution in [0.5, 0.6) is 5.75 Å². The molecule has 4 N–H and O–H groups in total. The van der Waals surface area contributed by atoms with Gasteiger partial charge in [0.2, 0.25) is 0 Å². The van der Waals surface area contributed by atoms with Crippen molar-refractivity contribution >= 4 is 22.6 Å². The number of benzene rings is 3. The van der Waals surface area contributed by atoms with Crippen molar-refractivity contribution in [3.05, 3.63) is 77.0 Å². The van der Waals surface area contributed by atoms with Crippen LogP contribution in [0.2, 0.25) is 0 Å². The van der Waals surface area contributed by atoms with Crippen LogP contribution in [0.1, 0.15) is 23.1 Å². The summed E-state index contributed by atoms with van der Waals surface area (Å²) in [6.45, 7) is 0. The number of anilines is 1. The van der Waals surface area contributed by atoms with E-state index in [1.165, 1.54) is 12.1 Å². The zero-order chi connectivity index (χ0) is 23.1. The second-order valence-corrected chi connectivity index (χ2v) is 8.31. The van der Waals surface area contributed by atoms with E-state index < -0.39 is 17.6 Å². The van der Waals surface area contributed by atoms with Crippen LogP contribution in [0.25, 0.3) is 22.0 Å². The molecule has 168 valence electrons. The van der Waals surface area contributed by atoms with Gasteiger partial charge >= 0.3 is 5.97 Å². The molecule has 3 aromatic carbocycles. The molecule has 0 spiro atoms. The number of hydrogen-bond acceptors (Lipinski definition) is 4. The van der Waals surface area contributed by atoms with Gasteiger partial charge in [-0.2, -0.15) is 5.10 Å². The maximum absolute atomic E-state index is 13.7. The second kappa shape index (κ2) is 8.20. The van der Waals surface area contributed by atoms with E-state index >= 15 is 0 Å². The standard InChI is InChI=1S/C25H21F2N3O3/c26-20-10-15-8-18(9-16(15)11-21(20)27)33-25-19(5-13(6-22(25)28)1-4-24(31)32)14-2-3-23-17(7-14)12-29-30-23/h2-3,5-7,10-12,18H,1,4,8-9,28H2,(H,29,30)(H,31,32). The highest BCUT2D eigenvalue weighted by Crippen LogP contribution is 2.40. The number of aromatic amines is 1. The molecule has 1 heterocycles. The van der Waals surface area contributed by atoms with E-state index in [0.29, 0.717) is 30.7 Å². The van der Waals surface area contributed by atoms with Crippen LogP contribution in [-0.2, 0) is 24.1 Å². The molecule has 8 heteroatoms. The lowest BCUT2D eigenvalue weighted by Gasteiger charge is -2.20. The minimum atomic E-state index is -0.890. The van der Waals surface area contributed by atoms with Crippen molar-refractivity contribution in [2.24, 2.45) is 0 Å². The third-order valence-electron chi connectivity index (χ3n) is 5.98. The fourth-order valence-corrected chi connectivity index (χ4v) is 4.39. The molecule has 0 unspecified atom stereocenters. The van der Waals surface area contributed by atoms with Crippen LogP contribution in [-0.4, -0.2) is 27.4 Å². The number of nitrogens with two attached hydrogens (primary N) is 1. The Hall–Kier alpha value is -3.94. The summed E-state index contributed by atoms with van der Waals surface area (Å²) in [5.41, 5.74) is 11.4. The first-order chi connectivity index (χ1) is 15.9. The highest BCUT2D eigenvalue weighted by molar-refractivity contribution is 5.87. The van der Waals surface area contributed by atoms with Crippen molar-refractivity contribution in [2.75, 3.05) is 5.73 Å². The van der Waals surface area contributed by atoms with E-state index in [1.807, 2.05) is 24.3 Å². The average molecular weight is 449 g/mol. The molecule has 4 aromatic rings. The van der Waals surface area contributed by atoms with Crippen molar-refractivity contribution in [2.45, 2.75) is 31.8 Å². The first kappa shape index (κ1) is 20.9. The number of aryl methyl sites for hydroxylation is 1. The number of nitrogens with zero attached hydrogens (tertiary/aromatic N) is 1. The van der Waals surface area contributed by atoms with Gasteiger partial charge in [0.25, 0.3) is 0 Å². The van der Waals surface area contributed by atoms with Gasteiger partial charge in [0.1, 0.15) is 11.9 Å². The van der Waals surface area contributed by atoms with E-state index in [0.717, 1.165) is 38.7 Å². The number of fused-ring (bicyclic) bond motifs is 2. The third-order valence-corrected chi connectivity index (χ3v) is 5.98. The van der Waals surface area contributed by atoms with Gasteiger partial charge in [-0.05, 0) is 65.1 Å². The lowest BCUT2D eigenvalue weighted by atomic mass is 9.97. The van der Waals surface area contributed by atoms with E-state index in [-0.39, 0.29) is 12.5 Å². The zero-order valence-electron chi connectivity index (χ0n) is 17.6. The van der Waals surface area contributed by atoms with Crippen molar-refractivity contribution in [1.29, 1.82) is 0 Å². The Morgan fingerprint density at radius 1 is 1.12 bits per heavy atom. The van der Waals surface area contributed by atoms with Crippen LogP contribution in [0.3, 0.4) is 0 Å². The van der Waals surface area contributed by atoms with Crippen molar-refractivity contribution in [3.63, 3.8) is 0 Å². The normalized spacial score (nSPS) is 13.4. The van der Waals surface area contributed by atoms with Crippen molar-refractivity contribution in [3.8, 4) is 16.9 Å². The van der Waals surface area contributed by atoms with E-state index in [4.69, 9.17) is 15.6 Å². The second-order valence-electron chi connectivity index (χ2n) is 8.31. The number of H-pyrrole nitrogens is 1. The Morgan fingerprint density at radius 3 is 2.55 bits per heavy atom. The summed E-state index contributed by atoms with van der Waals surface area (Å²) in [7, 11) is 0. The third kappa shape index (κ3) is 4.11. The summed E-state index contributed by atoms with van der Waals surface area (Å²) < 4.78 is 33.7. The molecule has 0 saturated heterocycles. The molecular weight excluding hydrogens is 428 g/mol. The molecule has 0 bridgehead atoms. The fourth-order valence-electron chi connectivity index (χ4n) is 4.39. The summed E-state index contributed by atoms with van der Waals surface area (Å²) in [6.07, 6.45) is 2.57. The lowest BCUT2D eigenvalue weighted by Crippen LogP contribution is -2.18. The Bertz CT molecular complexity index is 1350. The van der Waals surface area contributed by atoms with E-state index in [9.17, 15) is 13.6 Å². The molecular formula is C25H21F2N3O3. The predicted octanol–water partition coefficient (Wildman–Crippen LogP) is 4.65. The number of nitrogens with one attached hydrogen (secondary N) is 1. The van der Waals surface area contributed by atoms with Crippen LogP contribution < -0.4 is 10.5 Å². The summed E-state index contributed by atoms with van der Waals surface area (Å²) >= 11 is 0. The van der Waals surface area contributed by atoms with Gasteiger partial charge in [-0.25, -0.2) is 8.78 Å². The van der Waals surface area contributed by atoms with Gasteiger partial charge in [-0.1, -0.05) is 6.07 Å². The quantitative estimate of drug-likeness (QED) is 0.372. The van der Waals surface area contributed by atoms with Gasteiger partial charge in [0.05, 0.1) is 17.4 Å². The number of aromatic nitrogens is 2. The molecule has 1 aliphatic carbocycles. The van der Waals surface area contributed by atoms with E-state index in [1.54, 1.807) is 12.3 Å². The number of ether oxygens (including phenoxy) is 1. The van der Waals surface area contributed by atoms with E-state index in [2.05, 4.69) is 10.2 Å². The lowest BCUT2D eigenvalue weighted by molar-refractivity contribution is -0.136. The fraction of sp³-hybridized carbons (Fsp3) is 0.200. The van der Waals surface area contributed by atoms with Crippen molar-refractivity contribution in [1.82, 2.24) is 10.2 Å². The molecule has 33 heavy (non-hydrogen) atoms. The van der Waals surface area contributed by atoms with Gasteiger partial charge in [-0.15, -0.1) is 0 Å². The number of aliphatic carboxylic acids is 1. The maximum Gasteiger partial charge on any atom is 0.303 e. The van der Waals surface area contributed by atoms with Gasteiger partial charge in [-0.3, -0.25) is 9.89 Å². The molecule has 1 aliphatic rings.